The van der Waals surface area contributed by atoms with Gasteiger partial charge in [0.05, 0.1) is 17.6 Å². The molecule has 0 saturated carbocycles. The van der Waals surface area contributed by atoms with Crippen molar-refractivity contribution in [2.45, 2.75) is 26.3 Å². The molecule has 0 atom stereocenters. The van der Waals surface area contributed by atoms with E-state index in [0.717, 1.165) is 52.4 Å². The van der Waals surface area contributed by atoms with E-state index in [1.54, 1.807) is 0 Å². The third-order valence-electron chi connectivity index (χ3n) is 4.25. The second kappa shape index (κ2) is 8.72. The minimum atomic E-state index is 0.543. The van der Waals surface area contributed by atoms with Crippen LogP contribution in [0.5, 0.6) is 5.75 Å². The van der Waals surface area contributed by atoms with Gasteiger partial charge in [0.1, 0.15) is 18.2 Å². The van der Waals surface area contributed by atoms with Gasteiger partial charge in [0.15, 0.2) is 0 Å². The van der Waals surface area contributed by atoms with Gasteiger partial charge >= 0.3 is 0 Å². The minimum Gasteiger partial charge on any atom is -0.492 e. The maximum atomic E-state index is 10.4. The van der Waals surface area contributed by atoms with Gasteiger partial charge < -0.3 is 14.6 Å². The number of hydrogen-bond acceptors (Lipinski definition) is 3. The van der Waals surface area contributed by atoms with Crippen LogP contribution >= 0.6 is 11.6 Å². The predicted molar refractivity (Wildman–Crippen MR) is 104 cm³/mol. The standard InChI is InChI=1S/C20H22ClN3O2/c1-15-13-16(8-9-17(15)21)26-12-11-24-19-6-3-2-5-18(19)23-20(24)7-4-10-22-14-25/h2-3,5-6,8-9,13-14H,4,7,10-12H2,1H3,(H,22,25). The summed E-state index contributed by atoms with van der Waals surface area (Å²) in [6, 6.07) is 13.8. The van der Waals surface area contributed by atoms with Crippen molar-refractivity contribution in [2.75, 3.05) is 13.2 Å². The fraction of sp³-hybridized carbons (Fsp3) is 0.300. The fourth-order valence-corrected chi connectivity index (χ4v) is 3.05. The molecular weight excluding hydrogens is 350 g/mol. The van der Waals surface area contributed by atoms with Gasteiger partial charge in [0, 0.05) is 18.0 Å². The Labute approximate surface area is 157 Å². The van der Waals surface area contributed by atoms with Crippen molar-refractivity contribution in [1.82, 2.24) is 14.9 Å². The highest BCUT2D eigenvalue weighted by atomic mass is 35.5. The van der Waals surface area contributed by atoms with Crippen LogP contribution in [-0.4, -0.2) is 29.1 Å². The highest BCUT2D eigenvalue weighted by Gasteiger charge is 2.10. The summed E-state index contributed by atoms with van der Waals surface area (Å²) in [4.78, 5) is 15.1. The first-order chi connectivity index (χ1) is 12.7. The van der Waals surface area contributed by atoms with Gasteiger partial charge in [-0.25, -0.2) is 4.98 Å². The van der Waals surface area contributed by atoms with Crippen LogP contribution in [0.2, 0.25) is 5.02 Å². The Balaban J connectivity index is 1.70. The molecule has 0 aliphatic heterocycles. The number of hydrogen-bond donors (Lipinski definition) is 1. The molecule has 1 N–H and O–H groups in total. The van der Waals surface area contributed by atoms with Crippen molar-refractivity contribution in [2.24, 2.45) is 0 Å². The van der Waals surface area contributed by atoms with Crippen LogP contribution in [0.4, 0.5) is 0 Å². The lowest BCUT2D eigenvalue weighted by Gasteiger charge is -2.11. The van der Waals surface area contributed by atoms with Crippen LogP contribution in [0.1, 0.15) is 17.8 Å². The maximum absolute atomic E-state index is 10.4. The van der Waals surface area contributed by atoms with E-state index in [1.165, 1.54) is 0 Å². The molecular formula is C20H22ClN3O2. The Bertz CT molecular complexity index is 892. The predicted octanol–water partition coefficient (Wildman–Crippen LogP) is 3.76. The summed E-state index contributed by atoms with van der Waals surface area (Å²) >= 11 is 6.06. The third kappa shape index (κ3) is 4.35. The molecule has 3 aromatic rings. The summed E-state index contributed by atoms with van der Waals surface area (Å²) < 4.78 is 8.09. The molecule has 6 heteroatoms. The van der Waals surface area contributed by atoms with Crippen molar-refractivity contribution in [1.29, 1.82) is 0 Å². The average molecular weight is 372 g/mol. The van der Waals surface area contributed by atoms with Crippen LogP contribution in [0.3, 0.4) is 0 Å². The quantitative estimate of drug-likeness (QED) is 0.460. The van der Waals surface area contributed by atoms with Crippen molar-refractivity contribution in [3.05, 3.63) is 58.9 Å². The lowest BCUT2D eigenvalue weighted by molar-refractivity contribution is -0.109. The maximum Gasteiger partial charge on any atom is 0.207 e. The van der Waals surface area contributed by atoms with E-state index in [1.807, 2.05) is 43.3 Å². The Hall–Kier alpha value is -2.53. The molecule has 0 fully saturated rings. The van der Waals surface area contributed by atoms with E-state index in [2.05, 4.69) is 16.0 Å². The third-order valence-corrected chi connectivity index (χ3v) is 4.68. The Morgan fingerprint density at radius 1 is 1.27 bits per heavy atom. The summed E-state index contributed by atoms with van der Waals surface area (Å²) in [5.41, 5.74) is 3.08. The first-order valence-electron chi connectivity index (χ1n) is 8.69. The number of carbonyl (C=O) groups is 1. The number of ether oxygens (including phenoxy) is 1. The van der Waals surface area contributed by atoms with Crippen LogP contribution in [0.15, 0.2) is 42.5 Å². The highest BCUT2D eigenvalue weighted by molar-refractivity contribution is 6.31. The molecule has 3 rings (SSSR count). The Morgan fingerprint density at radius 3 is 2.92 bits per heavy atom. The Morgan fingerprint density at radius 2 is 2.12 bits per heavy atom. The largest absolute Gasteiger partial charge is 0.492 e. The monoisotopic (exact) mass is 371 g/mol. The van der Waals surface area contributed by atoms with Crippen LogP contribution in [-0.2, 0) is 17.8 Å². The molecule has 1 aromatic heterocycles. The number of aromatic nitrogens is 2. The lowest BCUT2D eigenvalue weighted by atomic mass is 10.2. The number of carbonyl (C=O) groups excluding carboxylic acids is 1. The zero-order valence-electron chi connectivity index (χ0n) is 14.7. The van der Waals surface area contributed by atoms with E-state index >= 15 is 0 Å². The highest BCUT2D eigenvalue weighted by Crippen LogP contribution is 2.22. The molecule has 0 aliphatic rings. The van der Waals surface area contributed by atoms with Gasteiger partial charge in [0.25, 0.3) is 0 Å². The number of nitrogens with zero attached hydrogens (tertiary/aromatic N) is 2. The number of benzene rings is 2. The molecule has 2 aromatic carbocycles. The zero-order valence-corrected chi connectivity index (χ0v) is 15.5. The molecule has 0 radical (unpaired) electrons. The number of rotatable bonds is 9. The lowest BCUT2D eigenvalue weighted by Crippen LogP contribution is -2.15. The van der Waals surface area contributed by atoms with Gasteiger partial charge in [-0.15, -0.1) is 0 Å². The van der Waals surface area contributed by atoms with Gasteiger partial charge in [-0.2, -0.15) is 0 Å². The number of halogens is 1. The molecule has 1 amide bonds. The van der Waals surface area contributed by atoms with Crippen LogP contribution < -0.4 is 10.1 Å². The number of para-hydroxylation sites is 2. The second-order valence-electron chi connectivity index (χ2n) is 6.10. The number of nitrogens with one attached hydrogen (secondary N) is 1. The van der Waals surface area contributed by atoms with E-state index in [0.29, 0.717) is 19.7 Å². The van der Waals surface area contributed by atoms with Crippen LogP contribution in [0.25, 0.3) is 11.0 Å². The molecule has 1 heterocycles. The summed E-state index contributed by atoms with van der Waals surface area (Å²) in [6.45, 7) is 3.86. The van der Waals surface area contributed by atoms with E-state index in [-0.39, 0.29) is 0 Å². The van der Waals surface area contributed by atoms with E-state index in [4.69, 9.17) is 21.3 Å². The van der Waals surface area contributed by atoms with Gasteiger partial charge in [-0.1, -0.05) is 23.7 Å². The zero-order chi connectivity index (χ0) is 18.4. The molecule has 0 spiro atoms. The normalized spacial score (nSPS) is 10.8. The molecule has 136 valence electrons. The first-order valence-corrected chi connectivity index (χ1v) is 9.07. The summed E-state index contributed by atoms with van der Waals surface area (Å²) in [5.74, 6) is 1.82. The van der Waals surface area contributed by atoms with E-state index in [9.17, 15) is 4.79 Å². The van der Waals surface area contributed by atoms with Crippen molar-refractivity contribution < 1.29 is 9.53 Å². The topological polar surface area (TPSA) is 56.1 Å². The van der Waals surface area contributed by atoms with Gasteiger partial charge in [-0.05, 0) is 49.2 Å². The molecule has 0 aliphatic carbocycles. The van der Waals surface area contributed by atoms with Gasteiger partial charge in [-0.3, -0.25) is 4.79 Å². The molecule has 0 saturated heterocycles. The molecule has 5 nitrogen and oxygen atoms in total. The fourth-order valence-electron chi connectivity index (χ4n) is 2.93. The summed E-state index contributed by atoms with van der Waals surface area (Å²) in [7, 11) is 0. The van der Waals surface area contributed by atoms with E-state index < -0.39 is 0 Å². The molecule has 0 unspecified atom stereocenters. The van der Waals surface area contributed by atoms with Crippen molar-refractivity contribution in [3.8, 4) is 5.75 Å². The summed E-state index contributed by atoms with van der Waals surface area (Å²) in [5, 5.41) is 3.43. The second-order valence-corrected chi connectivity index (χ2v) is 6.51. The molecule has 26 heavy (non-hydrogen) atoms. The minimum absolute atomic E-state index is 0.543. The smallest absolute Gasteiger partial charge is 0.207 e. The first kappa shape index (κ1) is 18.3. The number of amides is 1. The van der Waals surface area contributed by atoms with Gasteiger partial charge in [0.2, 0.25) is 6.41 Å². The Kier molecular flexibility index (Phi) is 6.12. The van der Waals surface area contributed by atoms with Crippen molar-refractivity contribution >= 4 is 29.0 Å². The average Bonchev–Trinajstić information content (AvgIpc) is 2.99. The SMILES string of the molecule is Cc1cc(OCCn2c(CCCNC=O)nc3ccccc32)ccc1Cl. The van der Waals surface area contributed by atoms with Crippen LogP contribution in [0, 0.1) is 6.92 Å². The number of fused-ring (bicyclic) bond motifs is 1. The van der Waals surface area contributed by atoms with Crippen molar-refractivity contribution in [3.63, 3.8) is 0 Å². The summed E-state index contributed by atoms with van der Waals surface area (Å²) in [6.07, 6.45) is 2.37. The number of imidazole rings is 1. The molecule has 0 bridgehead atoms. The number of aryl methyl sites for hydroxylation is 2.